The quantitative estimate of drug-likeness (QED) is 0.196. The van der Waals surface area contributed by atoms with Gasteiger partial charge in [0, 0.05) is 48.2 Å². The van der Waals surface area contributed by atoms with Crippen molar-refractivity contribution in [3.63, 3.8) is 0 Å². The van der Waals surface area contributed by atoms with Crippen LogP contribution in [0.15, 0.2) is 82.1 Å². The summed E-state index contributed by atoms with van der Waals surface area (Å²) in [6.45, 7) is 5.55. The molecule has 0 amide bonds. The molecule has 2 aliphatic rings. The molecule has 3 heterocycles. The average Bonchev–Trinajstić information content (AvgIpc) is 3.67. The molecule has 216 valence electrons. The highest BCUT2D eigenvalue weighted by atomic mass is 32.2. The van der Waals surface area contributed by atoms with E-state index in [1.54, 1.807) is 36.4 Å². The second-order valence-electron chi connectivity index (χ2n) is 10.3. The molecule has 1 fully saturated rings. The van der Waals surface area contributed by atoms with Crippen LogP contribution in [-0.4, -0.2) is 54.6 Å². The molecule has 10 nitrogen and oxygen atoms in total. The number of ether oxygens (including phenoxy) is 1. The first-order valence-electron chi connectivity index (χ1n) is 13.5. The lowest BCUT2D eigenvalue weighted by Gasteiger charge is -2.26. The van der Waals surface area contributed by atoms with Gasteiger partial charge in [0.25, 0.3) is 5.69 Å². The fourth-order valence-corrected chi connectivity index (χ4v) is 7.48. The van der Waals surface area contributed by atoms with Gasteiger partial charge in [-0.05, 0) is 43.2 Å². The third kappa shape index (κ3) is 5.45. The Balaban J connectivity index is 1.33. The number of sulfonamides is 1. The number of thiazole rings is 1. The van der Waals surface area contributed by atoms with Gasteiger partial charge < -0.3 is 4.74 Å². The molecule has 3 aromatic carbocycles. The van der Waals surface area contributed by atoms with E-state index in [4.69, 9.17) is 14.8 Å². The van der Waals surface area contributed by atoms with Crippen molar-refractivity contribution in [2.75, 3.05) is 31.3 Å². The molecule has 2 aliphatic heterocycles. The van der Waals surface area contributed by atoms with Gasteiger partial charge in [-0.15, -0.1) is 11.3 Å². The Labute approximate surface area is 248 Å². The van der Waals surface area contributed by atoms with E-state index in [2.05, 4.69) is 18.2 Å². The molecule has 6 rings (SSSR count). The predicted octanol–water partition coefficient (Wildman–Crippen LogP) is 5.71. The standard InChI is InChI=1S/C30H29N5O5S2/c1-20-6-7-21(2)26(16-20)27-18-29(23-4-3-5-24(17-23)35(36)37)34(32-27)30-31-28(19-41-30)22-8-10-25(11-9-22)42(38,39)33-12-14-40-15-13-33/h3-11,16-17,19,29H,12-15,18H2,1-2H3/t29-/m1/s1. The smallest absolute Gasteiger partial charge is 0.269 e. The van der Waals surface area contributed by atoms with Gasteiger partial charge in [0.1, 0.15) is 0 Å². The van der Waals surface area contributed by atoms with Gasteiger partial charge in [-0.1, -0.05) is 42.0 Å². The molecule has 0 radical (unpaired) electrons. The Morgan fingerprint density at radius 3 is 2.52 bits per heavy atom. The van der Waals surface area contributed by atoms with Crippen molar-refractivity contribution in [1.82, 2.24) is 9.29 Å². The Morgan fingerprint density at radius 2 is 1.79 bits per heavy atom. The number of hydrazone groups is 1. The van der Waals surface area contributed by atoms with Crippen LogP contribution < -0.4 is 5.01 Å². The van der Waals surface area contributed by atoms with E-state index < -0.39 is 10.0 Å². The highest BCUT2D eigenvalue weighted by Gasteiger charge is 2.33. The van der Waals surface area contributed by atoms with Crippen molar-refractivity contribution in [1.29, 1.82) is 0 Å². The van der Waals surface area contributed by atoms with Gasteiger partial charge in [0.05, 0.1) is 40.5 Å². The van der Waals surface area contributed by atoms with E-state index >= 15 is 0 Å². The summed E-state index contributed by atoms with van der Waals surface area (Å²) in [6, 6.07) is 19.4. The number of nitro benzene ring substituents is 1. The second kappa shape index (κ2) is 11.4. The van der Waals surface area contributed by atoms with Gasteiger partial charge in [-0.25, -0.2) is 18.4 Å². The van der Waals surface area contributed by atoms with E-state index in [0.29, 0.717) is 43.5 Å². The lowest BCUT2D eigenvalue weighted by Crippen LogP contribution is -2.40. The molecule has 0 saturated carbocycles. The zero-order chi connectivity index (χ0) is 29.4. The Morgan fingerprint density at radius 1 is 1.02 bits per heavy atom. The number of anilines is 1. The zero-order valence-corrected chi connectivity index (χ0v) is 24.8. The van der Waals surface area contributed by atoms with E-state index in [0.717, 1.165) is 33.5 Å². The fourth-order valence-electron chi connectivity index (χ4n) is 5.24. The number of hydrogen-bond acceptors (Lipinski definition) is 9. The fraction of sp³-hybridized carbons (Fsp3) is 0.267. The van der Waals surface area contributed by atoms with Crippen molar-refractivity contribution in [3.8, 4) is 11.3 Å². The van der Waals surface area contributed by atoms with Crippen LogP contribution in [0.4, 0.5) is 10.8 Å². The Bertz CT molecular complexity index is 1780. The van der Waals surface area contributed by atoms with Crippen LogP contribution in [0.5, 0.6) is 0 Å². The first kappa shape index (κ1) is 28.2. The van der Waals surface area contributed by atoms with Crippen molar-refractivity contribution in [3.05, 3.63) is 104 Å². The van der Waals surface area contributed by atoms with Gasteiger partial charge in [0.15, 0.2) is 0 Å². The van der Waals surface area contributed by atoms with Crippen molar-refractivity contribution in [2.24, 2.45) is 5.10 Å². The molecule has 12 heteroatoms. The lowest BCUT2D eigenvalue weighted by molar-refractivity contribution is -0.384. The normalized spacial score (nSPS) is 17.8. The second-order valence-corrected chi connectivity index (χ2v) is 13.1. The maximum atomic E-state index is 13.0. The third-order valence-corrected chi connectivity index (χ3v) is 10.3. The van der Waals surface area contributed by atoms with Crippen molar-refractivity contribution in [2.45, 2.75) is 31.2 Å². The van der Waals surface area contributed by atoms with E-state index in [1.807, 2.05) is 30.3 Å². The largest absolute Gasteiger partial charge is 0.379 e. The molecular formula is C30H29N5O5S2. The van der Waals surface area contributed by atoms with Gasteiger partial charge in [0.2, 0.25) is 15.2 Å². The Kier molecular flexibility index (Phi) is 7.62. The van der Waals surface area contributed by atoms with E-state index in [1.165, 1.54) is 21.7 Å². The number of benzene rings is 3. The number of morpholine rings is 1. The highest BCUT2D eigenvalue weighted by Crippen LogP contribution is 2.40. The van der Waals surface area contributed by atoms with Crippen LogP contribution in [0, 0.1) is 24.0 Å². The number of nitrogens with zero attached hydrogens (tertiary/aromatic N) is 5. The van der Waals surface area contributed by atoms with Crippen LogP contribution in [-0.2, 0) is 14.8 Å². The van der Waals surface area contributed by atoms with Crippen LogP contribution in [0.25, 0.3) is 11.3 Å². The third-order valence-electron chi connectivity index (χ3n) is 7.53. The van der Waals surface area contributed by atoms with Gasteiger partial charge >= 0.3 is 0 Å². The average molecular weight is 604 g/mol. The highest BCUT2D eigenvalue weighted by molar-refractivity contribution is 7.89. The van der Waals surface area contributed by atoms with Crippen LogP contribution in [0.3, 0.4) is 0 Å². The van der Waals surface area contributed by atoms with E-state index in [-0.39, 0.29) is 21.5 Å². The van der Waals surface area contributed by atoms with Gasteiger partial charge in [-0.2, -0.15) is 9.41 Å². The summed E-state index contributed by atoms with van der Waals surface area (Å²) in [5.41, 5.74) is 6.44. The molecule has 42 heavy (non-hydrogen) atoms. The minimum Gasteiger partial charge on any atom is -0.379 e. The molecule has 1 aromatic heterocycles. The number of rotatable bonds is 7. The Hall–Kier alpha value is -3.97. The number of hydrogen-bond donors (Lipinski definition) is 0. The summed E-state index contributed by atoms with van der Waals surface area (Å²) in [4.78, 5) is 16.2. The summed E-state index contributed by atoms with van der Waals surface area (Å²) in [6.07, 6.45) is 0.564. The lowest BCUT2D eigenvalue weighted by atomic mass is 9.95. The number of non-ortho nitro benzene ring substituents is 1. The first-order valence-corrected chi connectivity index (χ1v) is 15.9. The molecule has 1 atom stereocenters. The van der Waals surface area contributed by atoms with Crippen LogP contribution in [0.1, 0.15) is 34.7 Å². The predicted molar refractivity (Wildman–Crippen MR) is 163 cm³/mol. The number of aromatic nitrogens is 1. The molecule has 4 aromatic rings. The SMILES string of the molecule is Cc1ccc(C)c(C2=NN(c3nc(-c4ccc(S(=O)(=O)N5CCOCC5)cc4)cs3)[C@@H](c3cccc([N+](=O)[O-])c3)C2)c1. The molecular weight excluding hydrogens is 574 g/mol. The monoisotopic (exact) mass is 603 g/mol. The molecule has 0 spiro atoms. The van der Waals surface area contributed by atoms with Crippen molar-refractivity contribution < 1.29 is 18.1 Å². The number of nitro groups is 1. The first-order chi connectivity index (χ1) is 20.2. The summed E-state index contributed by atoms with van der Waals surface area (Å²) in [5.74, 6) is 0. The van der Waals surface area contributed by atoms with Gasteiger partial charge in [-0.3, -0.25) is 10.1 Å². The molecule has 0 unspecified atom stereocenters. The zero-order valence-electron chi connectivity index (χ0n) is 23.1. The molecule has 1 saturated heterocycles. The molecule has 0 bridgehead atoms. The minimum absolute atomic E-state index is 0.0274. The van der Waals surface area contributed by atoms with Crippen molar-refractivity contribution >= 4 is 37.9 Å². The topological polar surface area (TPSA) is 118 Å². The number of aryl methyl sites for hydroxylation is 2. The van der Waals surface area contributed by atoms with Crippen LogP contribution in [0.2, 0.25) is 0 Å². The molecule has 0 N–H and O–H groups in total. The maximum Gasteiger partial charge on any atom is 0.269 e. The summed E-state index contributed by atoms with van der Waals surface area (Å²) >= 11 is 1.42. The minimum atomic E-state index is -3.59. The summed E-state index contributed by atoms with van der Waals surface area (Å²) in [7, 11) is -3.59. The maximum absolute atomic E-state index is 13.0. The molecule has 0 aliphatic carbocycles. The van der Waals surface area contributed by atoms with E-state index in [9.17, 15) is 18.5 Å². The van der Waals surface area contributed by atoms with Crippen LogP contribution >= 0.6 is 11.3 Å². The summed E-state index contributed by atoms with van der Waals surface area (Å²) in [5, 5.41) is 20.9. The summed E-state index contributed by atoms with van der Waals surface area (Å²) < 4.78 is 32.8.